The lowest BCUT2D eigenvalue weighted by atomic mass is 10.2. The van der Waals surface area contributed by atoms with Gasteiger partial charge in [0.05, 0.1) is 5.52 Å². The molecule has 0 fully saturated rings. The van der Waals surface area contributed by atoms with Crippen LogP contribution in [0.1, 0.15) is 20.3 Å². The van der Waals surface area contributed by atoms with E-state index in [0.29, 0.717) is 18.6 Å². The average Bonchev–Trinajstić information content (AvgIpc) is 2.81. The highest BCUT2D eigenvalue weighted by atomic mass is 19.1. The Morgan fingerprint density at radius 1 is 1.16 bits per heavy atom. The van der Waals surface area contributed by atoms with Gasteiger partial charge in [0.25, 0.3) is 0 Å². The Labute approximate surface area is 112 Å². The SMILES string of the molecule is CCOC(CCn1ccc2c(F)cccc21)OCC. The van der Waals surface area contributed by atoms with Gasteiger partial charge in [-0.05, 0) is 32.0 Å². The predicted molar refractivity (Wildman–Crippen MR) is 73.6 cm³/mol. The van der Waals surface area contributed by atoms with Gasteiger partial charge in [-0.3, -0.25) is 0 Å². The lowest BCUT2D eigenvalue weighted by Crippen LogP contribution is -2.19. The fourth-order valence-electron chi connectivity index (χ4n) is 2.21. The molecule has 0 N–H and O–H groups in total. The lowest BCUT2D eigenvalue weighted by Gasteiger charge is -2.17. The summed E-state index contributed by atoms with van der Waals surface area (Å²) in [6.45, 7) is 5.91. The van der Waals surface area contributed by atoms with E-state index in [1.165, 1.54) is 6.07 Å². The van der Waals surface area contributed by atoms with Crippen molar-refractivity contribution in [1.29, 1.82) is 0 Å². The quantitative estimate of drug-likeness (QED) is 0.714. The van der Waals surface area contributed by atoms with E-state index in [4.69, 9.17) is 9.47 Å². The van der Waals surface area contributed by atoms with Crippen molar-refractivity contribution >= 4 is 10.9 Å². The normalized spacial score (nSPS) is 11.6. The summed E-state index contributed by atoms with van der Waals surface area (Å²) in [7, 11) is 0. The standard InChI is InChI=1S/C15H20FNO2/c1-3-18-15(19-4-2)9-11-17-10-8-12-13(16)6-5-7-14(12)17/h5-8,10,15H,3-4,9,11H2,1-2H3. The highest BCUT2D eigenvalue weighted by Crippen LogP contribution is 2.19. The Kier molecular flexibility index (Phi) is 4.93. The molecule has 0 unspecified atom stereocenters. The zero-order valence-corrected chi connectivity index (χ0v) is 11.4. The third-order valence-electron chi connectivity index (χ3n) is 3.07. The minimum absolute atomic E-state index is 0.178. The fraction of sp³-hybridized carbons (Fsp3) is 0.467. The van der Waals surface area contributed by atoms with Gasteiger partial charge < -0.3 is 14.0 Å². The third-order valence-corrected chi connectivity index (χ3v) is 3.07. The molecule has 1 heterocycles. The van der Waals surface area contributed by atoms with Gasteiger partial charge in [-0.1, -0.05) is 6.07 Å². The number of hydrogen-bond donors (Lipinski definition) is 0. The van der Waals surface area contributed by atoms with Crippen LogP contribution in [0.2, 0.25) is 0 Å². The molecule has 0 aliphatic carbocycles. The number of hydrogen-bond acceptors (Lipinski definition) is 2. The highest BCUT2D eigenvalue weighted by Gasteiger charge is 2.10. The number of aromatic nitrogens is 1. The second-order valence-corrected chi connectivity index (χ2v) is 4.31. The van der Waals surface area contributed by atoms with Gasteiger partial charge in [-0.15, -0.1) is 0 Å². The van der Waals surface area contributed by atoms with Crippen LogP contribution in [0.25, 0.3) is 10.9 Å². The van der Waals surface area contributed by atoms with Crippen LogP contribution in [-0.2, 0) is 16.0 Å². The second-order valence-electron chi connectivity index (χ2n) is 4.31. The molecular weight excluding hydrogens is 245 g/mol. The van der Waals surface area contributed by atoms with E-state index in [0.717, 1.165) is 18.5 Å². The van der Waals surface area contributed by atoms with Gasteiger partial charge in [-0.2, -0.15) is 0 Å². The summed E-state index contributed by atoms with van der Waals surface area (Å²) in [4.78, 5) is 0. The molecular formula is C15H20FNO2. The minimum Gasteiger partial charge on any atom is -0.353 e. The molecule has 2 rings (SSSR count). The monoisotopic (exact) mass is 265 g/mol. The van der Waals surface area contributed by atoms with E-state index in [1.54, 1.807) is 12.1 Å². The number of fused-ring (bicyclic) bond motifs is 1. The zero-order chi connectivity index (χ0) is 13.7. The van der Waals surface area contributed by atoms with Crippen molar-refractivity contribution in [1.82, 2.24) is 4.57 Å². The first-order valence-corrected chi connectivity index (χ1v) is 6.72. The van der Waals surface area contributed by atoms with Crippen LogP contribution in [0.5, 0.6) is 0 Å². The first-order chi connectivity index (χ1) is 9.26. The zero-order valence-electron chi connectivity index (χ0n) is 11.4. The minimum atomic E-state index is -0.194. The van der Waals surface area contributed by atoms with Crippen LogP contribution in [0.15, 0.2) is 30.5 Å². The molecule has 0 saturated carbocycles. The van der Waals surface area contributed by atoms with Crippen molar-refractivity contribution < 1.29 is 13.9 Å². The van der Waals surface area contributed by atoms with E-state index in [2.05, 4.69) is 0 Å². The summed E-state index contributed by atoms with van der Waals surface area (Å²) in [5.41, 5.74) is 0.909. The van der Waals surface area contributed by atoms with Gasteiger partial charge in [0.2, 0.25) is 0 Å². The number of rotatable bonds is 7. The predicted octanol–water partition coefficient (Wildman–Crippen LogP) is 3.57. The molecule has 1 aromatic carbocycles. The average molecular weight is 265 g/mol. The van der Waals surface area contributed by atoms with Crippen LogP contribution in [0.4, 0.5) is 4.39 Å². The van der Waals surface area contributed by atoms with Crippen molar-refractivity contribution in [3.05, 3.63) is 36.3 Å². The summed E-state index contributed by atoms with van der Waals surface area (Å²) in [6, 6.07) is 6.95. The molecule has 0 aliphatic heterocycles. The largest absolute Gasteiger partial charge is 0.353 e. The number of benzene rings is 1. The molecule has 0 saturated heterocycles. The van der Waals surface area contributed by atoms with Crippen LogP contribution in [-0.4, -0.2) is 24.1 Å². The molecule has 0 atom stereocenters. The maximum atomic E-state index is 13.6. The van der Waals surface area contributed by atoms with Crippen molar-refractivity contribution in [3.8, 4) is 0 Å². The van der Waals surface area contributed by atoms with Crippen molar-refractivity contribution in [2.75, 3.05) is 13.2 Å². The Morgan fingerprint density at radius 2 is 1.89 bits per heavy atom. The smallest absolute Gasteiger partial charge is 0.159 e. The maximum absolute atomic E-state index is 13.6. The van der Waals surface area contributed by atoms with Gasteiger partial charge in [0, 0.05) is 37.8 Å². The van der Waals surface area contributed by atoms with Crippen LogP contribution < -0.4 is 0 Å². The number of nitrogens with zero attached hydrogens (tertiary/aromatic N) is 1. The summed E-state index contributed by atoms with van der Waals surface area (Å²) in [5.74, 6) is -0.178. The molecule has 0 radical (unpaired) electrons. The van der Waals surface area contributed by atoms with Crippen LogP contribution >= 0.6 is 0 Å². The lowest BCUT2D eigenvalue weighted by molar-refractivity contribution is -0.140. The molecule has 3 nitrogen and oxygen atoms in total. The summed E-state index contributed by atoms with van der Waals surface area (Å²) < 4.78 is 26.6. The Balaban J connectivity index is 2.06. The van der Waals surface area contributed by atoms with E-state index < -0.39 is 0 Å². The molecule has 0 spiro atoms. The van der Waals surface area contributed by atoms with Gasteiger partial charge >= 0.3 is 0 Å². The molecule has 1 aromatic heterocycles. The van der Waals surface area contributed by atoms with Crippen LogP contribution in [0, 0.1) is 5.82 Å². The Hall–Kier alpha value is -1.39. The molecule has 19 heavy (non-hydrogen) atoms. The van der Waals surface area contributed by atoms with E-state index in [1.807, 2.05) is 30.7 Å². The van der Waals surface area contributed by atoms with Crippen molar-refractivity contribution in [2.24, 2.45) is 0 Å². The van der Waals surface area contributed by atoms with Gasteiger partial charge in [0.15, 0.2) is 6.29 Å². The molecule has 0 aliphatic rings. The summed E-state index contributed by atoms with van der Waals surface area (Å²) in [6.07, 6.45) is 2.46. The first-order valence-electron chi connectivity index (χ1n) is 6.72. The molecule has 104 valence electrons. The van der Waals surface area contributed by atoms with Crippen molar-refractivity contribution in [2.45, 2.75) is 33.1 Å². The van der Waals surface area contributed by atoms with E-state index in [-0.39, 0.29) is 12.1 Å². The number of ether oxygens (including phenoxy) is 2. The molecule has 2 aromatic rings. The summed E-state index contributed by atoms with van der Waals surface area (Å²) in [5, 5.41) is 0.659. The molecule has 0 amide bonds. The maximum Gasteiger partial charge on any atom is 0.159 e. The molecule has 0 bridgehead atoms. The Morgan fingerprint density at radius 3 is 2.58 bits per heavy atom. The van der Waals surface area contributed by atoms with E-state index in [9.17, 15) is 4.39 Å². The number of aryl methyl sites for hydroxylation is 1. The second kappa shape index (κ2) is 6.68. The van der Waals surface area contributed by atoms with Gasteiger partial charge in [0.1, 0.15) is 5.82 Å². The van der Waals surface area contributed by atoms with Crippen LogP contribution in [0.3, 0.4) is 0 Å². The van der Waals surface area contributed by atoms with Gasteiger partial charge in [-0.25, -0.2) is 4.39 Å². The topological polar surface area (TPSA) is 23.4 Å². The highest BCUT2D eigenvalue weighted by molar-refractivity contribution is 5.80. The Bertz CT molecular complexity index is 518. The summed E-state index contributed by atoms with van der Waals surface area (Å²) >= 11 is 0. The molecule has 4 heteroatoms. The van der Waals surface area contributed by atoms with E-state index >= 15 is 0 Å². The fourth-order valence-corrected chi connectivity index (χ4v) is 2.21. The number of halogens is 1. The van der Waals surface area contributed by atoms with Crippen molar-refractivity contribution in [3.63, 3.8) is 0 Å². The third kappa shape index (κ3) is 3.33. The first kappa shape index (κ1) is 14.0.